The second-order valence-electron chi connectivity index (χ2n) is 26.0. The van der Waals surface area contributed by atoms with Crippen molar-refractivity contribution in [1.29, 1.82) is 0 Å². The van der Waals surface area contributed by atoms with E-state index in [4.69, 9.17) is 4.74 Å². The number of amides is 1. The summed E-state index contributed by atoms with van der Waals surface area (Å²) < 4.78 is 5.50. The quantitative estimate of drug-likeness (QED) is 0.0320. The van der Waals surface area contributed by atoms with Gasteiger partial charge in [0.05, 0.1) is 25.4 Å². The van der Waals surface area contributed by atoms with Crippen LogP contribution in [0.5, 0.6) is 0 Å². The number of carbonyl (C=O) groups is 2. The smallest absolute Gasteiger partial charge is 0.305 e. The van der Waals surface area contributed by atoms with Gasteiger partial charge in [-0.3, -0.25) is 9.59 Å². The van der Waals surface area contributed by atoms with E-state index in [-0.39, 0.29) is 18.5 Å². The first-order chi connectivity index (χ1) is 40.0. The SMILES string of the molecule is CCCCCCCCCCCCCCCCC/C=C/C(O)C(CO)NC(=O)CCCCCCCCCCCCCCCCCCCCCCCCCCCCCCCCCCCOC(=O)CCCCCCCCCCCCCCCC. The average Bonchev–Trinajstić information content (AvgIpc) is 3.47. The van der Waals surface area contributed by atoms with Gasteiger partial charge in [0.1, 0.15) is 0 Å². The van der Waals surface area contributed by atoms with Crippen molar-refractivity contribution in [1.82, 2.24) is 5.32 Å². The molecule has 0 aliphatic heterocycles. The maximum atomic E-state index is 12.5. The summed E-state index contributed by atoms with van der Waals surface area (Å²) in [6, 6.07) is -0.624. The Balaban J connectivity index is 3.32. The van der Waals surface area contributed by atoms with Gasteiger partial charge in [-0.2, -0.15) is 0 Å². The Kier molecular flexibility index (Phi) is 69.9. The highest BCUT2D eigenvalue weighted by Crippen LogP contribution is 2.20. The molecule has 3 N–H and O–H groups in total. The number of aliphatic hydroxyl groups excluding tert-OH is 2. The molecule has 0 radical (unpaired) electrons. The van der Waals surface area contributed by atoms with Crippen LogP contribution in [-0.4, -0.2) is 47.4 Å². The monoisotopic (exact) mass is 1140 g/mol. The van der Waals surface area contributed by atoms with Gasteiger partial charge in [0.2, 0.25) is 5.91 Å². The fraction of sp³-hybridized carbons (Fsp3) is 0.947. The minimum atomic E-state index is -0.841. The van der Waals surface area contributed by atoms with Crippen LogP contribution in [0.3, 0.4) is 0 Å². The van der Waals surface area contributed by atoms with Crippen LogP contribution >= 0.6 is 0 Å². The lowest BCUT2D eigenvalue weighted by atomic mass is 10.0. The molecule has 0 saturated carbocycles. The summed E-state index contributed by atoms with van der Waals surface area (Å²) in [5.41, 5.74) is 0. The zero-order chi connectivity index (χ0) is 58.5. The summed E-state index contributed by atoms with van der Waals surface area (Å²) in [6.45, 7) is 4.96. The van der Waals surface area contributed by atoms with Gasteiger partial charge in [0.15, 0.2) is 0 Å². The van der Waals surface area contributed by atoms with Gasteiger partial charge in [0.25, 0.3) is 0 Å². The molecule has 0 aliphatic carbocycles. The Morgan fingerprint density at radius 2 is 0.568 bits per heavy atom. The highest BCUT2D eigenvalue weighted by atomic mass is 16.5. The first kappa shape index (κ1) is 79.6. The predicted octanol–water partition coefficient (Wildman–Crippen LogP) is 24.3. The zero-order valence-electron chi connectivity index (χ0n) is 55.3. The van der Waals surface area contributed by atoms with Crippen LogP contribution in [0.4, 0.5) is 0 Å². The summed E-state index contributed by atoms with van der Waals surface area (Å²) in [6.07, 6.45) is 88.9. The first-order valence-corrected chi connectivity index (χ1v) is 37.5. The fourth-order valence-electron chi connectivity index (χ4n) is 12.1. The standard InChI is InChI=1S/C75H147NO5/c1-3-5-7-9-11-13-15-17-19-37-40-43-47-51-55-59-63-67-73(78)72(71-77)76-74(79)68-64-60-56-52-48-44-41-38-35-33-31-29-27-25-23-21-20-22-24-26-28-30-32-34-36-39-42-46-50-54-58-62-66-70-81-75(80)69-65-61-57-53-49-45-18-16-14-12-10-8-6-4-2/h63,67,72-73,77-78H,3-62,64-66,68-71H2,1-2H3,(H,76,79)/b67-63+. The number of esters is 1. The van der Waals surface area contributed by atoms with E-state index < -0.39 is 12.1 Å². The number of hydrogen-bond acceptors (Lipinski definition) is 5. The molecule has 0 heterocycles. The molecule has 0 aromatic carbocycles. The van der Waals surface area contributed by atoms with E-state index in [0.29, 0.717) is 19.4 Å². The molecule has 0 bridgehead atoms. The number of hydrogen-bond donors (Lipinski definition) is 3. The first-order valence-electron chi connectivity index (χ1n) is 37.5. The number of carbonyl (C=O) groups excluding carboxylic acids is 2. The predicted molar refractivity (Wildman–Crippen MR) is 357 cm³/mol. The third-order valence-corrected chi connectivity index (χ3v) is 17.8. The van der Waals surface area contributed by atoms with Gasteiger partial charge in [-0.05, 0) is 32.1 Å². The van der Waals surface area contributed by atoms with Gasteiger partial charge in [-0.15, -0.1) is 0 Å². The van der Waals surface area contributed by atoms with Crippen molar-refractivity contribution in [3.8, 4) is 0 Å². The third kappa shape index (κ3) is 67.6. The number of nitrogens with one attached hydrogen (secondary N) is 1. The number of unbranched alkanes of at least 4 members (excludes halogenated alkanes) is 60. The van der Waals surface area contributed by atoms with E-state index in [9.17, 15) is 19.8 Å². The van der Waals surface area contributed by atoms with Gasteiger partial charge in [-0.1, -0.05) is 398 Å². The highest BCUT2D eigenvalue weighted by Gasteiger charge is 2.18. The van der Waals surface area contributed by atoms with Crippen molar-refractivity contribution in [2.75, 3.05) is 13.2 Å². The zero-order valence-corrected chi connectivity index (χ0v) is 55.3. The van der Waals surface area contributed by atoms with Gasteiger partial charge in [-0.25, -0.2) is 0 Å². The van der Waals surface area contributed by atoms with Gasteiger partial charge in [0, 0.05) is 12.8 Å². The molecule has 2 atom stereocenters. The molecule has 81 heavy (non-hydrogen) atoms. The third-order valence-electron chi connectivity index (χ3n) is 17.8. The van der Waals surface area contributed by atoms with Crippen LogP contribution in [0.2, 0.25) is 0 Å². The summed E-state index contributed by atoms with van der Waals surface area (Å²) in [5, 5.41) is 23.2. The van der Waals surface area contributed by atoms with E-state index in [2.05, 4.69) is 19.2 Å². The Morgan fingerprint density at radius 3 is 0.840 bits per heavy atom. The Hall–Kier alpha value is -1.40. The molecule has 482 valence electrons. The number of aliphatic hydroxyl groups is 2. The summed E-state index contributed by atoms with van der Waals surface area (Å²) in [5.74, 6) is -0.0345. The lowest BCUT2D eigenvalue weighted by molar-refractivity contribution is -0.143. The van der Waals surface area contributed by atoms with Crippen LogP contribution in [0, 0.1) is 0 Å². The number of allylic oxidation sites excluding steroid dienone is 1. The van der Waals surface area contributed by atoms with Gasteiger partial charge >= 0.3 is 5.97 Å². The van der Waals surface area contributed by atoms with Crippen LogP contribution < -0.4 is 5.32 Å². The van der Waals surface area contributed by atoms with E-state index in [1.807, 2.05) is 6.08 Å². The second-order valence-corrected chi connectivity index (χ2v) is 26.0. The van der Waals surface area contributed by atoms with Crippen molar-refractivity contribution >= 4 is 11.9 Å². The van der Waals surface area contributed by atoms with Crippen molar-refractivity contribution < 1.29 is 24.5 Å². The van der Waals surface area contributed by atoms with E-state index in [0.717, 1.165) is 38.5 Å². The molecule has 0 aromatic rings. The van der Waals surface area contributed by atoms with Gasteiger partial charge < -0.3 is 20.3 Å². The largest absolute Gasteiger partial charge is 0.466 e. The van der Waals surface area contributed by atoms with Crippen molar-refractivity contribution in [3.63, 3.8) is 0 Å². The van der Waals surface area contributed by atoms with E-state index in [1.165, 1.54) is 366 Å². The molecule has 6 heteroatoms. The number of ether oxygens (including phenoxy) is 1. The van der Waals surface area contributed by atoms with Crippen LogP contribution in [0.15, 0.2) is 12.2 Å². The lowest BCUT2D eigenvalue weighted by Crippen LogP contribution is -2.45. The molecule has 0 rings (SSSR count). The Labute approximate surface area is 508 Å². The minimum absolute atomic E-state index is 0.0247. The molecule has 0 aliphatic rings. The molecule has 0 saturated heterocycles. The molecule has 6 nitrogen and oxygen atoms in total. The van der Waals surface area contributed by atoms with Crippen LogP contribution in [0.1, 0.15) is 431 Å². The molecule has 0 aromatic heterocycles. The molecule has 0 spiro atoms. The molecule has 1 amide bonds. The molecule has 0 fully saturated rings. The fourth-order valence-corrected chi connectivity index (χ4v) is 12.1. The average molecular weight is 1140 g/mol. The molecule has 2 unspecified atom stereocenters. The summed E-state index contributed by atoms with van der Waals surface area (Å²) >= 11 is 0. The van der Waals surface area contributed by atoms with Crippen LogP contribution in [-0.2, 0) is 14.3 Å². The molecular formula is C75H147NO5. The maximum absolute atomic E-state index is 12.5. The lowest BCUT2D eigenvalue weighted by Gasteiger charge is -2.20. The maximum Gasteiger partial charge on any atom is 0.305 e. The van der Waals surface area contributed by atoms with E-state index >= 15 is 0 Å². The van der Waals surface area contributed by atoms with E-state index in [1.54, 1.807) is 6.08 Å². The van der Waals surface area contributed by atoms with Crippen molar-refractivity contribution in [3.05, 3.63) is 12.2 Å². The molecular weight excluding hydrogens is 995 g/mol. The highest BCUT2D eigenvalue weighted by molar-refractivity contribution is 5.76. The minimum Gasteiger partial charge on any atom is -0.466 e. The number of rotatable bonds is 71. The second kappa shape index (κ2) is 71.1. The van der Waals surface area contributed by atoms with Crippen molar-refractivity contribution in [2.45, 2.75) is 443 Å². The summed E-state index contributed by atoms with van der Waals surface area (Å²) in [4.78, 5) is 24.6. The topological polar surface area (TPSA) is 95.9 Å². The van der Waals surface area contributed by atoms with Crippen LogP contribution in [0.25, 0.3) is 0 Å². The Morgan fingerprint density at radius 1 is 0.333 bits per heavy atom. The summed E-state index contributed by atoms with van der Waals surface area (Å²) in [7, 11) is 0. The normalized spacial score (nSPS) is 12.5. The van der Waals surface area contributed by atoms with Crippen molar-refractivity contribution in [2.24, 2.45) is 0 Å². The Bertz CT molecular complexity index is 1220.